The van der Waals surface area contributed by atoms with Gasteiger partial charge in [0, 0.05) is 19.5 Å². The number of nitrogens with zero attached hydrogens (tertiary/aromatic N) is 1. The highest BCUT2D eigenvalue weighted by atomic mass is 16.3. The molecule has 1 unspecified atom stereocenters. The van der Waals surface area contributed by atoms with E-state index in [2.05, 4.69) is 46.6 Å². The Balaban J connectivity index is 1.67. The minimum Gasteiger partial charge on any atom is -0.390 e. The van der Waals surface area contributed by atoms with E-state index in [9.17, 15) is 9.90 Å². The lowest BCUT2D eigenvalue weighted by Crippen LogP contribution is -2.63. The summed E-state index contributed by atoms with van der Waals surface area (Å²) in [7, 11) is 2.05. The first-order chi connectivity index (χ1) is 12.6. The number of carbonyl (C=O) groups is 1. The third kappa shape index (κ3) is 2.59. The van der Waals surface area contributed by atoms with Crippen molar-refractivity contribution in [1.82, 2.24) is 4.90 Å². The molecule has 9 atom stereocenters. The molecule has 4 fully saturated rings. The average molecular weight is 376 g/mol. The molecule has 3 nitrogen and oxygen atoms in total. The van der Waals surface area contributed by atoms with Gasteiger partial charge in [0.25, 0.3) is 0 Å². The highest BCUT2D eigenvalue weighted by Crippen LogP contribution is 2.68. The lowest BCUT2D eigenvalue weighted by Gasteiger charge is -2.64. The Bertz CT molecular complexity index is 616. The molecule has 0 spiro atoms. The van der Waals surface area contributed by atoms with Gasteiger partial charge in [-0.15, -0.1) is 0 Å². The van der Waals surface area contributed by atoms with Gasteiger partial charge < -0.3 is 10.0 Å². The van der Waals surface area contributed by atoms with Crippen molar-refractivity contribution in [2.45, 2.75) is 97.6 Å². The Morgan fingerprint density at radius 1 is 1.15 bits per heavy atom. The van der Waals surface area contributed by atoms with Crippen LogP contribution >= 0.6 is 0 Å². The highest BCUT2D eigenvalue weighted by molar-refractivity contribution is 5.77. The molecule has 27 heavy (non-hydrogen) atoms. The molecular weight excluding hydrogens is 334 g/mol. The van der Waals surface area contributed by atoms with Crippen LogP contribution < -0.4 is 0 Å². The van der Waals surface area contributed by atoms with Gasteiger partial charge in [-0.3, -0.25) is 4.79 Å². The summed E-state index contributed by atoms with van der Waals surface area (Å²) in [6.45, 7) is 11.7. The Labute approximate surface area is 166 Å². The van der Waals surface area contributed by atoms with E-state index >= 15 is 0 Å². The number of fused-ring (bicyclic) bond motifs is 5. The van der Waals surface area contributed by atoms with Crippen molar-refractivity contribution in [2.24, 2.45) is 40.4 Å². The molecule has 1 heterocycles. The van der Waals surface area contributed by atoms with Crippen LogP contribution in [0.25, 0.3) is 0 Å². The smallest absolute Gasteiger partial charge is 0.222 e. The van der Waals surface area contributed by atoms with Gasteiger partial charge in [-0.2, -0.15) is 0 Å². The molecule has 1 amide bonds. The van der Waals surface area contributed by atoms with Crippen LogP contribution in [0, 0.1) is 40.4 Å². The molecule has 0 bridgehead atoms. The fourth-order valence-corrected chi connectivity index (χ4v) is 8.73. The van der Waals surface area contributed by atoms with Crippen LogP contribution in [0.2, 0.25) is 0 Å². The maximum absolute atomic E-state index is 12.4. The number of rotatable bonds is 2. The molecule has 1 aliphatic heterocycles. The number of hydrogen-bond acceptors (Lipinski definition) is 2. The maximum Gasteiger partial charge on any atom is 0.222 e. The van der Waals surface area contributed by atoms with Gasteiger partial charge >= 0.3 is 0 Å². The molecule has 0 aromatic rings. The van der Waals surface area contributed by atoms with Gasteiger partial charge in [-0.1, -0.05) is 27.7 Å². The summed E-state index contributed by atoms with van der Waals surface area (Å²) in [6.07, 6.45) is 8.86. The van der Waals surface area contributed by atoms with E-state index in [1.54, 1.807) is 0 Å². The van der Waals surface area contributed by atoms with Crippen molar-refractivity contribution < 1.29 is 9.90 Å². The largest absolute Gasteiger partial charge is 0.390 e. The zero-order valence-electron chi connectivity index (χ0n) is 18.4. The second-order valence-corrected chi connectivity index (χ2v) is 11.4. The van der Waals surface area contributed by atoms with Crippen molar-refractivity contribution in [3.8, 4) is 0 Å². The first-order valence-electron chi connectivity index (χ1n) is 11.5. The van der Waals surface area contributed by atoms with E-state index in [0.717, 1.165) is 37.0 Å². The molecule has 0 radical (unpaired) electrons. The van der Waals surface area contributed by atoms with Crippen molar-refractivity contribution in [3.63, 3.8) is 0 Å². The number of piperidine rings is 1. The predicted octanol–water partition coefficient (Wildman–Crippen LogP) is 4.87. The van der Waals surface area contributed by atoms with Crippen molar-refractivity contribution in [3.05, 3.63) is 0 Å². The van der Waals surface area contributed by atoms with Crippen molar-refractivity contribution in [1.29, 1.82) is 0 Å². The number of likely N-dealkylation sites (tertiary alicyclic amines) is 1. The fourth-order valence-electron chi connectivity index (χ4n) is 8.73. The number of carbonyl (C=O) groups excluding carboxylic acids is 1. The van der Waals surface area contributed by atoms with E-state index < -0.39 is 5.60 Å². The van der Waals surface area contributed by atoms with E-state index in [1.165, 1.54) is 32.1 Å². The minimum absolute atomic E-state index is 0.284. The van der Waals surface area contributed by atoms with Crippen LogP contribution in [0.4, 0.5) is 0 Å². The van der Waals surface area contributed by atoms with Gasteiger partial charge in [0.15, 0.2) is 0 Å². The standard InChI is InChI=1S/C24H41NO2/c1-7-24(5,27)18-9-8-16-21-15(2)14-19-23(4,13-11-20(26)25(19)6)17(21)10-12-22(16,18)3/h15-19,21,27H,7-14H2,1-6H3/t15-,16-,17-,18-,19+,21-,22-,23+,24?/m0/s1. The van der Waals surface area contributed by atoms with Crippen molar-refractivity contribution >= 4 is 5.91 Å². The molecule has 0 aromatic carbocycles. The molecule has 0 aromatic heterocycles. The van der Waals surface area contributed by atoms with Gasteiger partial charge in [-0.25, -0.2) is 0 Å². The quantitative estimate of drug-likeness (QED) is 0.748. The average Bonchev–Trinajstić information content (AvgIpc) is 2.98. The highest BCUT2D eigenvalue weighted by Gasteiger charge is 2.64. The zero-order valence-corrected chi connectivity index (χ0v) is 18.4. The van der Waals surface area contributed by atoms with Crippen LogP contribution in [-0.2, 0) is 4.79 Å². The Kier molecular flexibility index (Phi) is 4.54. The first-order valence-corrected chi connectivity index (χ1v) is 11.5. The van der Waals surface area contributed by atoms with Crippen LogP contribution in [0.15, 0.2) is 0 Å². The molecular formula is C24H41NO2. The van der Waals surface area contributed by atoms with Crippen LogP contribution in [0.3, 0.4) is 0 Å². The molecule has 4 aliphatic rings. The summed E-state index contributed by atoms with van der Waals surface area (Å²) in [4.78, 5) is 14.5. The summed E-state index contributed by atoms with van der Waals surface area (Å²) in [5, 5.41) is 11.1. The lowest BCUT2D eigenvalue weighted by molar-refractivity contribution is -0.172. The maximum atomic E-state index is 12.4. The van der Waals surface area contributed by atoms with Gasteiger partial charge in [0.1, 0.15) is 0 Å². The zero-order chi connectivity index (χ0) is 19.8. The summed E-state index contributed by atoms with van der Waals surface area (Å²) in [5.41, 5.74) is 0.0409. The Hall–Kier alpha value is -0.570. The van der Waals surface area contributed by atoms with Crippen molar-refractivity contribution in [2.75, 3.05) is 7.05 Å². The van der Waals surface area contributed by atoms with E-state index in [1.807, 2.05) is 0 Å². The number of aliphatic hydroxyl groups is 1. The SMILES string of the molecule is CCC(C)(O)[C@H]1CC[C@H]2[C@@H]3[C@@H](C)C[C@H]4N(C)C(=O)CC[C@]4(C)[C@H]3CC[C@]12C. The minimum atomic E-state index is -0.530. The normalized spacial score (nSPS) is 52.0. The summed E-state index contributed by atoms with van der Waals surface area (Å²) < 4.78 is 0. The van der Waals surface area contributed by atoms with Gasteiger partial charge in [0.2, 0.25) is 5.91 Å². The summed E-state index contributed by atoms with van der Waals surface area (Å²) in [6, 6.07) is 0.426. The monoisotopic (exact) mass is 375 g/mol. The predicted molar refractivity (Wildman–Crippen MR) is 109 cm³/mol. The Morgan fingerprint density at radius 2 is 1.81 bits per heavy atom. The molecule has 1 N–H and O–H groups in total. The molecule has 3 heteroatoms. The molecule has 4 rings (SSSR count). The summed E-state index contributed by atoms with van der Waals surface area (Å²) >= 11 is 0. The van der Waals surface area contributed by atoms with Crippen LogP contribution in [-0.4, -0.2) is 34.6 Å². The summed E-state index contributed by atoms with van der Waals surface area (Å²) in [5.74, 6) is 3.72. The number of hydrogen-bond donors (Lipinski definition) is 1. The third-order valence-electron chi connectivity index (χ3n) is 10.4. The second-order valence-electron chi connectivity index (χ2n) is 11.4. The second kappa shape index (κ2) is 6.21. The lowest BCUT2D eigenvalue weighted by atomic mass is 9.44. The topological polar surface area (TPSA) is 40.5 Å². The van der Waals surface area contributed by atoms with Crippen LogP contribution in [0.1, 0.15) is 86.0 Å². The molecule has 1 saturated heterocycles. The van der Waals surface area contributed by atoms with Gasteiger partial charge in [-0.05, 0) is 92.3 Å². The van der Waals surface area contributed by atoms with Crippen LogP contribution in [0.5, 0.6) is 0 Å². The molecule has 3 aliphatic carbocycles. The van der Waals surface area contributed by atoms with E-state index in [-0.39, 0.29) is 10.8 Å². The number of amides is 1. The first kappa shape index (κ1) is 19.7. The van der Waals surface area contributed by atoms with Gasteiger partial charge in [0.05, 0.1) is 5.60 Å². The molecule has 154 valence electrons. The molecule has 3 saturated carbocycles. The van der Waals surface area contributed by atoms with E-state index in [0.29, 0.717) is 23.8 Å². The fraction of sp³-hybridized carbons (Fsp3) is 0.958. The van der Waals surface area contributed by atoms with E-state index in [4.69, 9.17) is 0 Å². The Morgan fingerprint density at radius 3 is 2.48 bits per heavy atom. The third-order valence-corrected chi connectivity index (χ3v) is 10.4.